The Bertz CT molecular complexity index is 459. The van der Waals surface area contributed by atoms with Crippen molar-refractivity contribution in [1.29, 1.82) is 0 Å². The van der Waals surface area contributed by atoms with Crippen molar-refractivity contribution in [3.05, 3.63) is 29.3 Å². The highest BCUT2D eigenvalue weighted by Gasteiger charge is 2.41. The average molecular weight is 289 g/mol. The zero-order valence-corrected chi connectivity index (χ0v) is 14.4. The lowest BCUT2D eigenvalue weighted by atomic mass is 9.86. The molecule has 21 heavy (non-hydrogen) atoms. The number of hydrogen-bond acceptors (Lipinski definition) is 2. The first kappa shape index (κ1) is 16.4. The Kier molecular flexibility index (Phi) is 5.32. The van der Waals surface area contributed by atoms with Crippen molar-refractivity contribution in [2.75, 3.05) is 19.6 Å². The molecule has 0 aliphatic carbocycles. The van der Waals surface area contributed by atoms with Gasteiger partial charge in [0.15, 0.2) is 0 Å². The Morgan fingerprint density at radius 3 is 2.48 bits per heavy atom. The number of ether oxygens (including phenoxy) is 1. The molecule has 1 spiro atoms. The van der Waals surface area contributed by atoms with Crippen molar-refractivity contribution < 1.29 is 4.74 Å². The summed E-state index contributed by atoms with van der Waals surface area (Å²) in [5, 5.41) is 0. The first-order valence-electron chi connectivity index (χ1n) is 8.57. The van der Waals surface area contributed by atoms with Crippen LogP contribution in [-0.4, -0.2) is 30.1 Å². The maximum Gasteiger partial charge on any atom is 0.123 e. The number of benzene rings is 1. The van der Waals surface area contributed by atoms with E-state index in [9.17, 15) is 0 Å². The number of fused-ring (bicyclic) bond motifs is 1. The summed E-state index contributed by atoms with van der Waals surface area (Å²) >= 11 is 0. The van der Waals surface area contributed by atoms with E-state index in [1.165, 1.54) is 43.6 Å². The van der Waals surface area contributed by atoms with Crippen LogP contribution in [-0.2, 0) is 6.42 Å². The largest absolute Gasteiger partial charge is 0.487 e. The molecule has 1 saturated heterocycles. The molecule has 0 aromatic heterocycles. The molecule has 2 aliphatic rings. The van der Waals surface area contributed by atoms with Gasteiger partial charge in [-0.1, -0.05) is 45.4 Å². The molecule has 0 saturated carbocycles. The summed E-state index contributed by atoms with van der Waals surface area (Å²) < 4.78 is 6.32. The zero-order chi connectivity index (χ0) is 15.5. The van der Waals surface area contributed by atoms with E-state index >= 15 is 0 Å². The summed E-state index contributed by atoms with van der Waals surface area (Å²) in [4.78, 5) is 2.59. The molecule has 118 valence electrons. The minimum absolute atomic E-state index is 0.101. The number of nitrogens with zero attached hydrogens (tertiary/aromatic N) is 1. The lowest BCUT2D eigenvalue weighted by Crippen LogP contribution is -2.48. The maximum atomic E-state index is 6.32. The standard InChI is InChI=1S/C17H25NO.C2H6/c1-13(2)12-18-8-6-17(7-9-18)11-15-10-14(3)4-5-16(15)19-17;1-2/h4-5,10,13H,6-9,11-12H2,1-3H3;1-2H3. The second-order valence-corrected chi connectivity index (χ2v) is 6.77. The number of rotatable bonds is 2. The van der Waals surface area contributed by atoms with Crippen LogP contribution >= 0.6 is 0 Å². The van der Waals surface area contributed by atoms with E-state index in [1.54, 1.807) is 0 Å². The van der Waals surface area contributed by atoms with Crippen LogP contribution in [0.5, 0.6) is 5.75 Å². The Morgan fingerprint density at radius 1 is 1.19 bits per heavy atom. The topological polar surface area (TPSA) is 12.5 Å². The first-order valence-corrected chi connectivity index (χ1v) is 8.57. The normalized spacial score (nSPS) is 19.9. The summed E-state index contributed by atoms with van der Waals surface area (Å²) in [7, 11) is 0. The Morgan fingerprint density at radius 2 is 1.86 bits per heavy atom. The summed E-state index contributed by atoms with van der Waals surface area (Å²) in [6.07, 6.45) is 3.46. The Hall–Kier alpha value is -1.02. The van der Waals surface area contributed by atoms with Gasteiger partial charge in [0.05, 0.1) is 0 Å². The van der Waals surface area contributed by atoms with Gasteiger partial charge in [-0.15, -0.1) is 0 Å². The van der Waals surface area contributed by atoms with Gasteiger partial charge in [0.25, 0.3) is 0 Å². The van der Waals surface area contributed by atoms with E-state index < -0.39 is 0 Å². The molecule has 3 rings (SSSR count). The predicted molar refractivity (Wildman–Crippen MR) is 90.1 cm³/mol. The van der Waals surface area contributed by atoms with Crippen molar-refractivity contribution in [2.45, 2.75) is 59.5 Å². The monoisotopic (exact) mass is 289 g/mol. The molecule has 2 aliphatic heterocycles. The van der Waals surface area contributed by atoms with Crippen molar-refractivity contribution >= 4 is 0 Å². The van der Waals surface area contributed by atoms with E-state index in [0.29, 0.717) is 0 Å². The second-order valence-electron chi connectivity index (χ2n) is 6.77. The minimum Gasteiger partial charge on any atom is -0.487 e. The summed E-state index contributed by atoms with van der Waals surface area (Å²) in [6, 6.07) is 6.61. The van der Waals surface area contributed by atoms with Gasteiger partial charge in [-0.05, 0) is 24.5 Å². The van der Waals surface area contributed by atoms with E-state index in [4.69, 9.17) is 4.74 Å². The molecule has 2 nitrogen and oxygen atoms in total. The van der Waals surface area contributed by atoms with Crippen LogP contribution in [0.15, 0.2) is 18.2 Å². The minimum atomic E-state index is 0.101. The van der Waals surface area contributed by atoms with Crippen LogP contribution in [0.1, 0.15) is 51.7 Å². The molecule has 1 aromatic carbocycles. The van der Waals surface area contributed by atoms with E-state index in [-0.39, 0.29) is 5.60 Å². The maximum absolute atomic E-state index is 6.32. The van der Waals surface area contributed by atoms with Gasteiger partial charge in [0.1, 0.15) is 11.4 Å². The fourth-order valence-corrected chi connectivity index (χ4v) is 3.50. The average Bonchev–Trinajstić information content (AvgIpc) is 2.81. The number of hydrogen-bond donors (Lipinski definition) is 0. The third-order valence-corrected chi connectivity index (χ3v) is 4.45. The fourth-order valence-electron chi connectivity index (χ4n) is 3.50. The third kappa shape index (κ3) is 3.79. The highest BCUT2D eigenvalue weighted by atomic mass is 16.5. The Labute approximate surface area is 130 Å². The zero-order valence-electron chi connectivity index (χ0n) is 14.4. The van der Waals surface area contributed by atoms with Crippen LogP contribution in [0.3, 0.4) is 0 Å². The second kappa shape index (κ2) is 6.83. The van der Waals surface area contributed by atoms with Crippen molar-refractivity contribution in [3.63, 3.8) is 0 Å². The van der Waals surface area contributed by atoms with Gasteiger partial charge in [-0.25, -0.2) is 0 Å². The smallest absolute Gasteiger partial charge is 0.123 e. The summed E-state index contributed by atoms with van der Waals surface area (Å²) in [5.41, 5.74) is 2.86. The molecule has 0 N–H and O–H groups in total. The van der Waals surface area contributed by atoms with Crippen LogP contribution < -0.4 is 4.74 Å². The SMILES string of the molecule is CC.Cc1ccc2c(c1)CC1(CCN(CC(C)C)CC1)O2. The first-order chi connectivity index (χ1) is 10.1. The molecule has 1 fully saturated rings. The lowest BCUT2D eigenvalue weighted by molar-refractivity contribution is 0.0163. The van der Waals surface area contributed by atoms with Gasteiger partial charge >= 0.3 is 0 Å². The van der Waals surface area contributed by atoms with Gasteiger partial charge in [-0.2, -0.15) is 0 Å². The van der Waals surface area contributed by atoms with Crippen LogP contribution in [0, 0.1) is 12.8 Å². The number of piperidine rings is 1. The van der Waals surface area contributed by atoms with Gasteiger partial charge < -0.3 is 9.64 Å². The van der Waals surface area contributed by atoms with E-state index in [2.05, 4.69) is 43.9 Å². The fraction of sp³-hybridized carbons (Fsp3) is 0.684. The van der Waals surface area contributed by atoms with Gasteiger partial charge in [0.2, 0.25) is 0 Å². The van der Waals surface area contributed by atoms with Crippen LogP contribution in [0.4, 0.5) is 0 Å². The molecule has 2 heterocycles. The molecule has 0 amide bonds. The predicted octanol–water partition coefficient (Wildman–Crippen LogP) is 4.45. The van der Waals surface area contributed by atoms with E-state index in [1.807, 2.05) is 13.8 Å². The molecule has 0 bridgehead atoms. The van der Waals surface area contributed by atoms with Crippen molar-refractivity contribution in [3.8, 4) is 5.75 Å². The molecular weight excluding hydrogens is 258 g/mol. The van der Waals surface area contributed by atoms with E-state index in [0.717, 1.165) is 18.1 Å². The molecule has 0 radical (unpaired) electrons. The van der Waals surface area contributed by atoms with Gasteiger partial charge in [-0.3, -0.25) is 0 Å². The lowest BCUT2D eigenvalue weighted by Gasteiger charge is -2.39. The van der Waals surface area contributed by atoms with Crippen LogP contribution in [0.25, 0.3) is 0 Å². The highest BCUT2D eigenvalue weighted by Crippen LogP contribution is 2.41. The molecule has 0 unspecified atom stereocenters. The molecule has 0 atom stereocenters. The van der Waals surface area contributed by atoms with Crippen molar-refractivity contribution in [2.24, 2.45) is 5.92 Å². The van der Waals surface area contributed by atoms with Crippen molar-refractivity contribution in [1.82, 2.24) is 4.90 Å². The Balaban J connectivity index is 0.000000774. The number of likely N-dealkylation sites (tertiary alicyclic amines) is 1. The summed E-state index contributed by atoms with van der Waals surface area (Å²) in [5.74, 6) is 1.89. The highest BCUT2D eigenvalue weighted by molar-refractivity contribution is 5.42. The molecule has 1 aromatic rings. The number of aryl methyl sites for hydroxylation is 1. The van der Waals surface area contributed by atoms with Crippen LogP contribution in [0.2, 0.25) is 0 Å². The quantitative estimate of drug-likeness (QED) is 0.797. The molecular formula is C19H31NO. The van der Waals surface area contributed by atoms with Gasteiger partial charge in [0, 0.05) is 38.9 Å². The molecule has 2 heteroatoms. The summed E-state index contributed by atoms with van der Waals surface area (Å²) in [6.45, 7) is 14.4. The third-order valence-electron chi connectivity index (χ3n) is 4.45.